The van der Waals surface area contributed by atoms with Gasteiger partial charge in [-0.05, 0) is 12.1 Å². The Morgan fingerprint density at radius 1 is 1.43 bits per heavy atom. The molecule has 0 bridgehead atoms. The number of thiol groups is 1. The van der Waals surface area contributed by atoms with E-state index < -0.39 is 5.91 Å². The molecule has 1 rings (SSSR count). The highest BCUT2D eigenvalue weighted by Crippen LogP contribution is 2.05. The second kappa shape index (κ2) is 5.36. The molecule has 0 heterocycles. The predicted molar refractivity (Wildman–Crippen MR) is 60.3 cm³/mol. The van der Waals surface area contributed by atoms with Crippen molar-refractivity contribution in [2.24, 2.45) is 5.73 Å². The monoisotopic (exact) mass is 205 g/mol. The molecule has 72 valence electrons. The maximum absolute atomic E-state index is 11.0. The number of hydrogen-bond acceptors (Lipinski definition) is 2. The molecule has 2 N–H and O–H groups in total. The van der Waals surface area contributed by atoms with Gasteiger partial charge in [-0.1, -0.05) is 24.0 Å². The van der Waals surface area contributed by atoms with Crippen molar-refractivity contribution in [3.63, 3.8) is 0 Å². The summed E-state index contributed by atoms with van der Waals surface area (Å²) < 4.78 is 0. The van der Waals surface area contributed by atoms with Gasteiger partial charge in [0, 0.05) is 17.7 Å². The molecule has 0 unspecified atom stereocenters. The van der Waals surface area contributed by atoms with Crippen molar-refractivity contribution in [2.75, 3.05) is 5.75 Å². The average Bonchev–Trinajstić information content (AvgIpc) is 2.19. The van der Waals surface area contributed by atoms with Crippen LogP contribution in [0.15, 0.2) is 24.3 Å². The lowest BCUT2D eigenvalue weighted by Crippen LogP contribution is -2.12. The van der Waals surface area contributed by atoms with Crippen LogP contribution in [0.3, 0.4) is 0 Å². The quantitative estimate of drug-likeness (QED) is 0.557. The predicted octanol–water partition coefficient (Wildman–Crippen LogP) is 1.46. The minimum Gasteiger partial charge on any atom is -0.366 e. The summed E-state index contributed by atoms with van der Waals surface area (Å²) in [5, 5.41) is 0. The highest BCUT2D eigenvalue weighted by molar-refractivity contribution is 7.80. The Hall–Kier alpha value is -1.40. The summed E-state index contributed by atoms with van der Waals surface area (Å²) in [6.45, 7) is 0. The van der Waals surface area contributed by atoms with Crippen molar-refractivity contribution in [3.8, 4) is 11.8 Å². The van der Waals surface area contributed by atoms with E-state index in [1.807, 2.05) is 6.07 Å². The van der Waals surface area contributed by atoms with Gasteiger partial charge in [0.1, 0.15) is 0 Å². The molecule has 0 aliphatic rings. The molecule has 0 fully saturated rings. The van der Waals surface area contributed by atoms with Crippen molar-refractivity contribution >= 4 is 18.5 Å². The number of rotatable bonds is 2. The van der Waals surface area contributed by atoms with Crippen LogP contribution < -0.4 is 5.73 Å². The van der Waals surface area contributed by atoms with Crippen LogP contribution in [0.25, 0.3) is 0 Å². The third-order valence-corrected chi connectivity index (χ3v) is 1.88. The summed E-state index contributed by atoms with van der Waals surface area (Å²) in [4.78, 5) is 11.0. The molecule has 0 radical (unpaired) electrons. The first-order valence-electron chi connectivity index (χ1n) is 4.24. The molecule has 1 amide bonds. The van der Waals surface area contributed by atoms with Gasteiger partial charge < -0.3 is 5.73 Å². The number of carbonyl (C=O) groups excluding carboxylic acids is 1. The van der Waals surface area contributed by atoms with Gasteiger partial charge in [-0.2, -0.15) is 12.6 Å². The number of hydrogen-bond donors (Lipinski definition) is 2. The van der Waals surface area contributed by atoms with Crippen LogP contribution in [-0.2, 0) is 0 Å². The van der Waals surface area contributed by atoms with Gasteiger partial charge in [-0.25, -0.2) is 0 Å². The zero-order valence-electron chi connectivity index (χ0n) is 7.66. The van der Waals surface area contributed by atoms with E-state index in [1.54, 1.807) is 18.2 Å². The lowest BCUT2D eigenvalue weighted by atomic mass is 10.1. The molecule has 1 aromatic carbocycles. The summed E-state index contributed by atoms with van der Waals surface area (Å²) in [7, 11) is 0. The van der Waals surface area contributed by atoms with Gasteiger partial charge in [-0.15, -0.1) is 0 Å². The molecular weight excluding hydrogens is 194 g/mol. The van der Waals surface area contributed by atoms with E-state index >= 15 is 0 Å². The van der Waals surface area contributed by atoms with Crippen molar-refractivity contribution in [2.45, 2.75) is 6.42 Å². The fourth-order valence-corrected chi connectivity index (χ4v) is 1.13. The molecule has 0 spiro atoms. The molecule has 0 aliphatic carbocycles. The Labute approximate surface area is 88.9 Å². The molecule has 0 aliphatic heterocycles. The number of benzene rings is 1. The maximum atomic E-state index is 11.0. The van der Waals surface area contributed by atoms with Crippen LogP contribution in [-0.4, -0.2) is 11.7 Å². The summed E-state index contributed by atoms with van der Waals surface area (Å²) >= 11 is 4.04. The van der Waals surface area contributed by atoms with Gasteiger partial charge in [0.15, 0.2) is 0 Å². The average molecular weight is 205 g/mol. The van der Waals surface area contributed by atoms with E-state index in [-0.39, 0.29) is 0 Å². The Bertz CT molecular complexity index is 390. The van der Waals surface area contributed by atoms with E-state index in [0.29, 0.717) is 23.3 Å². The van der Waals surface area contributed by atoms with Gasteiger partial charge in [0.2, 0.25) is 5.91 Å². The second-order valence-electron chi connectivity index (χ2n) is 2.69. The van der Waals surface area contributed by atoms with Gasteiger partial charge >= 0.3 is 0 Å². The fourth-order valence-electron chi connectivity index (χ4n) is 1.02. The SMILES string of the molecule is NC(=O)c1ccccc1C#CCCS. The van der Waals surface area contributed by atoms with Crippen LogP contribution in [0.4, 0.5) is 0 Å². The molecule has 0 atom stereocenters. The molecule has 1 aromatic rings. The lowest BCUT2D eigenvalue weighted by molar-refractivity contribution is 0.1000. The second-order valence-corrected chi connectivity index (χ2v) is 3.13. The number of amides is 1. The summed E-state index contributed by atoms with van der Waals surface area (Å²) in [6, 6.07) is 7.06. The number of nitrogens with two attached hydrogens (primary N) is 1. The van der Waals surface area contributed by atoms with E-state index in [1.165, 1.54) is 0 Å². The molecule has 0 saturated heterocycles. The maximum Gasteiger partial charge on any atom is 0.249 e. The molecule has 3 heteroatoms. The molecule has 0 aromatic heterocycles. The Balaban J connectivity index is 2.97. The van der Waals surface area contributed by atoms with Gasteiger partial charge in [0.05, 0.1) is 5.56 Å². The summed E-state index contributed by atoms with van der Waals surface area (Å²) in [6.07, 6.45) is 0.705. The smallest absolute Gasteiger partial charge is 0.249 e. The van der Waals surface area contributed by atoms with Crippen LogP contribution in [0.1, 0.15) is 22.3 Å². The van der Waals surface area contributed by atoms with Crippen molar-refractivity contribution in [1.29, 1.82) is 0 Å². The van der Waals surface area contributed by atoms with E-state index in [4.69, 9.17) is 5.73 Å². The zero-order chi connectivity index (χ0) is 10.4. The molecule has 2 nitrogen and oxygen atoms in total. The largest absolute Gasteiger partial charge is 0.366 e. The first-order valence-corrected chi connectivity index (χ1v) is 4.87. The lowest BCUT2D eigenvalue weighted by Gasteiger charge is -1.97. The van der Waals surface area contributed by atoms with E-state index in [0.717, 1.165) is 0 Å². The van der Waals surface area contributed by atoms with Crippen molar-refractivity contribution < 1.29 is 4.79 Å². The van der Waals surface area contributed by atoms with Crippen LogP contribution in [0.5, 0.6) is 0 Å². The Kier molecular flexibility index (Phi) is 4.09. The first-order chi connectivity index (χ1) is 6.75. The number of primary amides is 1. The third-order valence-electron chi connectivity index (χ3n) is 1.65. The third kappa shape index (κ3) is 2.82. The van der Waals surface area contributed by atoms with Crippen LogP contribution in [0, 0.1) is 11.8 Å². The molecule has 0 saturated carbocycles. The minimum absolute atomic E-state index is 0.444. The molecule has 14 heavy (non-hydrogen) atoms. The van der Waals surface area contributed by atoms with Gasteiger partial charge in [0.25, 0.3) is 0 Å². The summed E-state index contributed by atoms with van der Waals surface area (Å²) in [5.41, 5.74) is 6.35. The Morgan fingerprint density at radius 3 is 2.79 bits per heavy atom. The van der Waals surface area contributed by atoms with Crippen molar-refractivity contribution in [3.05, 3.63) is 35.4 Å². The first kappa shape index (κ1) is 10.7. The standard InChI is InChI=1S/C11H11NOS/c12-11(13)10-7-2-1-5-9(10)6-3-4-8-14/h1-2,5,7,14H,4,8H2,(H2,12,13). The highest BCUT2D eigenvalue weighted by atomic mass is 32.1. The minimum atomic E-state index is -0.444. The van der Waals surface area contributed by atoms with Crippen molar-refractivity contribution in [1.82, 2.24) is 0 Å². The zero-order valence-corrected chi connectivity index (χ0v) is 8.55. The van der Waals surface area contributed by atoms with E-state index in [2.05, 4.69) is 24.5 Å². The summed E-state index contributed by atoms with van der Waals surface area (Å²) in [5.74, 6) is 6.08. The fraction of sp³-hybridized carbons (Fsp3) is 0.182. The number of carbonyl (C=O) groups is 1. The molecular formula is C11H11NOS. The van der Waals surface area contributed by atoms with E-state index in [9.17, 15) is 4.79 Å². The van der Waals surface area contributed by atoms with Gasteiger partial charge in [-0.3, -0.25) is 4.79 Å². The van der Waals surface area contributed by atoms with Crippen LogP contribution >= 0.6 is 12.6 Å². The Morgan fingerprint density at radius 2 is 2.14 bits per heavy atom. The van der Waals surface area contributed by atoms with Crippen LogP contribution in [0.2, 0.25) is 0 Å². The normalized spacial score (nSPS) is 8.93. The topological polar surface area (TPSA) is 43.1 Å². The highest BCUT2D eigenvalue weighted by Gasteiger charge is 2.03.